The molecule has 6 heteroatoms. The van der Waals surface area contributed by atoms with E-state index in [0.717, 1.165) is 37.2 Å². The van der Waals surface area contributed by atoms with Crippen LogP contribution >= 0.6 is 0 Å². The van der Waals surface area contributed by atoms with Crippen LogP contribution in [-0.2, 0) is 11.2 Å². The van der Waals surface area contributed by atoms with E-state index in [-0.39, 0.29) is 0 Å². The number of ether oxygens (including phenoxy) is 1. The van der Waals surface area contributed by atoms with Crippen LogP contribution in [0, 0.1) is 5.92 Å². The molecule has 2 heterocycles. The summed E-state index contributed by atoms with van der Waals surface area (Å²) in [5.41, 5.74) is 7.69. The quantitative estimate of drug-likeness (QED) is 0.792. The van der Waals surface area contributed by atoms with Gasteiger partial charge in [-0.15, -0.1) is 0 Å². The molecule has 0 bridgehead atoms. The highest BCUT2D eigenvalue weighted by atomic mass is 16.5. The van der Waals surface area contributed by atoms with E-state index in [1.54, 1.807) is 0 Å². The summed E-state index contributed by atoms with van der Waals surface area (Å²) in [6.07, 6.45) is 6.19. The monoisotopic (exact) mass is 355 g/mol. The van der Waals surface area contributed by atoms with Crippen LogP contribution in [0.4, 0.5) is 5.69 Å². The maximum absolute atomic E-state index is 10.8. The van der Waals surface area contributed by atoms with Crippen molar-refractivity contribution in [2.24, 2.45) is 11.7 Å². The Kier molecular flexibility index (Phi) is 6.07. The van der Waals surface area contributed by atoms with Gasteiger partial charge in [0.1, 0.15) is 11.8 Å². The van der Waals surface area contributed by atoms with Gasteiger partial charge in [-0.2, -0.15) is 0 Å². The van der Waals surface area contributed by atoms with E-state index in [2.05, 4.69) is 22.0 Å². The maximum Gasteiger partial charge on any atom is 0.320 e. The van der Waals surface area contributed by atoms with Crippen LogP contribution in [-0.4, -0.2) is 41.8 Å². The van der Waals surface area contributed by atoms with Crippen LogP contribution in [0.15, 0.2) is 48.8 Å². The smallest absolute Gasteiger partial charge is 0.320 e. The standard InChI is InChI=1S/C20H25N3O3/c21-19(20(24)25)13-15-1-3-18(4-2-15)26-14-16-7-11-23(12-8-16)17-5-9-22-10-6-17/h1-6,9-10,16,19H,7-8,11-14,21H2,(H,24,25). The van der Waals surface area contributed by atoms with Crippen molar-refractivity contribution in [2.75, 3.05) is 24.6 Å². The summed E-state index contributed by atoms with van der Waals surface area (Å²) in [5.74, 6) is 0.380. The minimum atomic E-state index is -0.983. The number of aliphatic carboxylic acids is 1. The first-order valence-electron chi connectivity index (χ1n) is 8.97. The first-order chi connectivity index (χ1) is 12.6. The molecule has 1 aromatic heterocycles. The summed E-state index contributed by atoms with van der Waals surface area (Å²) < 4.78 is 5.92. The van der Waals surface area contributed by atoms with Crippen molar-refractivity contribution in [1.29, 1.82) is 0 Å². The molecule has 2 aromatic rings. The molecule has 0 aliphatic carbocycles. The molecule has 1 unspecified atom stereocenters. The number of rotatable bonds is 7. The van der Waals surface area contributed by atoms with Crippen molar-refractivity contribution in [1.82, 2.24) is 4.98 Å². The minimum Gasteiger partial charge on any atom is -0.493 e. The molecule has 1 saturated heterocycles. The summed E-state index contributed by atoms with van der Waals surface area (Å²) in [6.45, 7) is 2.77. The summed E-state index contributed by atoms with van der Waals surface area (Å²) in [5, 5.41) is 8.86. The number of pyridine rings is 1. The van der Waals surface area contributed by atoms with Crippen molar-refractivity contribution < 1.29 is 14.6 Å². The Morgan fingerprint density at radius 3 is 2.46 bits per heavy atom. The Morgan fingerprint density at radius 2 is 1.85 bits per heavy atom. The average Bonchev–Trinajstić information content (AvgIpc) is 2.68. The molecule has 1 aliphatic rings. The molecule has 0 radical (unpaired) electrons. The van der Waals surface area contributed by atoms with Gasteiger partial charge in [0.25, 0.3) is 0 Å². The van der Waals surface area contributed by atoms with Gasteiger partial charge >= 0.3 is 5.97 Å². The second-order valence-corrected chi connectivity index (χ2v) is 6.74. The number of piperidine rings is 1. The Balaban J connectivity index is 1.43. The third kappa shape index (κ3) is 4.95. The molecule has 1 atom stereocenters. The second kappa shape index (κ2) is 8.67. The number of nitrogens with zero attached hydrogens (tertiary/aromatic N) is 2. The Labute approximate surface area is 153 Å². The lowest BCUT2D eigenvalue weighted by Gasteiger charge is -2.33. The number of carboxylic acids is 1. The molecule has 0 amide bonds. The number of carboxylic acid groups (broad SMARTS) is 1. The molecule has 6 nitrogen and oxygen atoms in total. The van der Waals surface area contributed by atoms with Gasteiger partial charge in [0, 0.05) is 31.2 Å². The molecular formula is C20H25N3O3. The zero-order chi connectivity index (χ0) is 18.4. The number of hydrogen-bond acceptors (Lipinski definition) is 5. The predicted molar refractivity (Wildman–Crippen MR) is 100 cm³/mol. The average molecular weight is 355 g/mol. The highest BCUT2D eigenvalue weighted by Crippen LogP contribution is 2.24. The first-order valence-corrected chi connectivity index (χ1v) is 8.97. The van der Waals surface area contributed by atoms with Crippen molar-refractivity contribution in [3.63, 3.8) is 0 Å². The summed E-state index contributed by atoms with van der Waals surface area (Å²) in [4.78, 5) is 17.3. The molecule has 3 rings (SSSR count). The van der Waals surface area contributed by atoms with Crippen molar-refractivity contribution in [3.8, 4) is 5.75 Å². The van der Waals surface area contributed by atoms with Gasteiger partial charge < -0.3 is 20.5 Å². The van der Waals surface area contributed by atoms with Crippen LogP contribution < -0.4 is 15.4 Å². The van der Waals surface area contributed by atoms with E-state index in [1.807, 2.05) is 36.7 Å². The first kappa shape index (κ1) is 18.2. The molecule has 3 N–H and O–H groups in total. The minimum absolute atomic E-state index is 0.322. The lowest BCUT2D eigenvalue weighted by Crippen LogP contribution is -2.35. The summed E-state index contributed by atoms with van der Waals surface area (Å²) in [7, 11) is 0. The molecule has 1 fully saturated rings. The van der Waals surface area contributed by atoms with Crippen molar-refractivity contribution in [2.45, 2.75) is 25.3 Å². The third-order valence-electron chi connectivity index (χ3n) is 4.82. The number of anilines is 1. The molecule has 0 saturated carbocycles. The number of benzene rings is 1. The topological polar surface area (TPSA) is 88.7 Å². The predicted octanol–water partition coefficient (Wildman–Crippen LogP) is 2.33. The fourth-order valence-electron chi connectivity index (χ4n) is 3.19. The van der Waals surface area contributed by atoms with Gasteiger partial charge in [-0.25, -0.2) is 0 Å². The Bertz CT molecular complexity index is 698. The molecule has 0 spiro atoms. The lowest BCUT2D eigenvalue weighted by molar-refractivity contribution is -0.138. The number of carbonyl (C=O) groups is 1. The highest BCUT2D eigenvalue weighted by Gasteiger charge is 2.20. The summed E-state index contributed by atoms with van der Waals surface area (Å²) in [6, 6.07) is 10.8. The van der Waals surface area contributed by atoms with Crippen LogP contribution in [0.3, 0.4) is 0 Å². The van der Waals surface area contributed by atoms with Crippen LogP contribution in [0.2, 0.25) is 0 Å². The maximum atomic E-state index is 10.8. The van der Waals surface area contributed by atoms with Crippen molar-refractivity contribution in [3.05, 3.63) is 54.4 Å². The van der Waals surface area contributed by atoms with Gasteiger partial charge in [-0.3, -0.25) is 9.78 Å². The van der Waals surface area contributed by atoms with Gasteiger partial charge in [-0.05, 0) is 55.0 Å². The van der Waals surface area contributed by atoms with Gasteiger partial charge in [0.2, 0.25) is 0 Å². The second-order valence-electron chi connectivity index (χ2n) is 6.74. The Morgan fingerprint density at radius 1 is 1.19 bits per heavy atom. The van der Waals surface area contributed by atoms with E-state index in [9.17, 15) is 4.79 Å². The highest BCUT2D eigenvalue weighted by molar-refractivity contribution is 5.73. The largest absolute Gasteiger partial charge is 0.493 e. The molecule has 1 aromatic carbocycles. The molecular weight excluding hydrogens is 330 g/mol. The van der Waals surface area contributed by atoms with E-state index >= 15 is 0 Å². The molecule has 1 aliphatic heterocycles. The number of nitrogens with two attached hydrogens (primary N) is 1. The van der Waals surface area contributed by atoms with Gasteiger partial charge in [-0.1, -0.05) is 12.1 Å². The molecule has 138 valence electrons. The van der Waals surface area contributed by atoms with Gasteiger partial charge in [0.15, 0.2) is 0 Å². The SMILES string of the molecule is NC(Cc1ccc(OCC2CCN(c3ccncc3)CC2)cc1)C(=O)O. The van der Waals surface area contributed by atoms with Crippen LogP contribution in [0.1, 0.15) is 18.4 Å². The van der Waals surface area contributed by atoms with E-state index in [0.29, 0.717) is 18.9 Å². The number of hydrogen-bond donors (Lipinski definition) is 2. The van der Waals surface area contributed by atoms with Gasteiger partial charge in [0.05, 0.1) is 6.61 Å². The fraction of sp³-hybridized carbons (Fsp3) is 0.400. The Hall–Kier alpha value is -2.60. The lowest BCUT2D eigenvalue weighted by atomic mass is 9.97. The van der Waals surface area contributed by atoms with Crippen LogP contribution in [0.5, 0.6) is 5.75 Å². The fourth-order valence-corrected chi connectivity index (χ4v) is 3.19. The third-order valence-corrected chi connectivity index (χ3v) is 4.82. The zero-order valence-electron chi connectivity index (χ0n) is 14.8. The molecule has 26 heavy (non-hydrogen) atoms. The van der Waals surface area contributed by atoms with E-state index in [4.69, 9.17) is 15.6 Å². The van der Waals surface area contributed by atoms with E-state index < -0.39 is 12.0 Å². The zero-order valence-corrected chi connectivity index (χ0v) is 14.8. The summed E-state index contributed by atoms with van der Waals surface area (Å²) >= 11 is 0. The van der Waals surface area contributed by atoms with Crippen LogP contribution in [0.25, 0.3) is 0 Å². The van der Waals surface area contributed by atoms with E-state index in [1.165, 1.54) is 5.69 Å². The van der Waals surface area contributed by atoms with Crippen molar-refractivity contribution >= 4 is 11.7 Å². The normalized spacial score (nSPS) is 16.3. The number of aromatic nitrogens is 1.